The highest BCUT2D eigenvalue weighted by atomic mass is 79.9. The first kappa shape index (κ1) is 14.4. The molecule has 102 valence electrons. The zero-order valence-corrected chi connectivity index (χ0v) is 11.8. The fourth-order valence-corrected chi connectivity index (χ4v) is 1.79. The van der Waals surface area contributed by atoms with Crippen molar-refractivity contribution >= 4 is 27.4 Å². The second-order valence-electron chi connectivity index (χ2n) is 3.97. The largest absolute Gasteiger partial charge is 0.359 e. The molecule has 0 saturated carbocycles. The summed E-state index contributed by atoms with van der Waals surface area (Å²) in [6.45, 7) is 0. The van der Waals surface area contributed by atoms with E-state index >= 15 is 0 Å². The van der Waals surface area contributed by atoms with Gasteiger partial charge in [0.25, 0.3) is 0 Å². The van der Waals surface area contributed by atoms with E-state index in [2.05, 4.69) is 21.2 Å². The van der Waals surface area contributed by atoms with Crippen LogP contribution in [0.5, 0.6) is 0 Å². The van der Waals surface area contributed by atoms with Crippen LogP contribution < -0.4 is 5.32 Å². The van der Waals surface area contributed by atoms with E-state index in [-0.39, 0.29) is 11.5 Å². The standard InChI is InChI=1S/C15H10BrF2NO/c16-11-3-1-10(2-4-11)15(20)7-8-19-14-9-12(17)5-6-13(14)18/h1-9,19H/b8-7+. The van der Waals surface area contributed by atoms with Crippen molar-refractivity contribution in [1.82, 2.24) is 0 Å². The Morgan fingerprint density at radius 2 is 1.80 bits per heavy atom. The molecule has 0 saturated heterocycles. The zero-order valence-electron chi connectivity index (χ0n) is 10.2. The Bertz CT molecular complexity index is 653. The molecule has 2 rings (SSSR count). The number of allylic oxidation sites excluding steroid dienone is 1. The summed E-state index contributed by atoms with van der Waals surface area (Å²) in [6, 6.07) is 9.89. The molecule has 0 aliphatic rings. The second-order valence-corrected chi connectivity index (χ2v) is 4.89. The Labute approximate surface area is 123 Å². The van der Waals surface area contributed by atoms with Crippen LogP contribution in [0.4, 0.5) is 14.5 Å². The molecule has 1 N–H and O–H groups in total. The van der Waals surface area contributed by atoms with Gasteiger partial charge in [0.15, 0.2) is 5.78 Å². The summed E-state index contributed by atoms with van der Waals surface area (Å²) >= 11 is 3.27. The fraction of sp³-hybridized carbons (Fsp3) is 0. The lowest BCUT2D eigenvalue weighted by atomic mass is 10.1. The van der Waals surface area contributed by atoms with E-state index in [0.717, 1.165) is 22.7 Å². The van der Waals surface area contributed by atoms with Gasteiger partial charge in [0, 0.05) is 28.4 Å². The van der Waals surface area contributed by atoms with E-state index in [1.54, 1.807) is 24.3 Å². The quantitative estimate of drug-likeness (QED) is 0.655. The predicted molar refractivity (Wildman–Crippen MR) is 77.6 cm³/mol. The van der Waals surface area contributed by atoms with Crippen LogP contribution >= 0.6 is 15.9 Å². The second kappa shape index (κ2) is 6.43. The minimum atomic E-state index is -0.591. The molecule has 0 spiro atoms. The molecule has 0 bridgehead atoms. The smallest absolute Gasteiger partial charge is 0.187 e. The normalized spacial score (nSPS) is 10.8. The van der Waals surface area contributed by atoms with Crippen LogP contribution in [0.15, 0.2) is 59.2 Å². The van der Waals surface area contributed by atoms with Gasteiger partial charge in [-0.3, -0.25) is 4.79 Å². The third-order valence-corrected chi connectivity index (χ3v) is 3.06. The van der Waals surface area contributed by atoms with Crippen LogP contribution in [-0.4, -0.2) is 5.78 Å². The highest BCUT2D eigenvalue weighted by Crippen LogP contribution is 2.15. The van der Waals surface area contributed by atoms with Crippen LogP contribution in [0.25, 0.3) is 0 Å². The van der Waals surface area contributed by atoms with Gasteiger partial charge < -0.3 is 5.32 Å². The van der Waals surface area contributed by atoms with Crippen LogP contribution in [-0.2, 0) is 0 Å². The van der Waals surface area contributed by atoms with Gasteiger partial charge in [-0.05, 0) is 36.4 Å². The number of hydrogen-bond donors (Lipinski definition) is 1. The number of benzene rings is 2. The summed E-state index contributed by atoms with van der Waals surface area (Å²) in [7, 11) is 0. The highest BCUT2D eigenvalue weighted by Gasteiger charge is 2.03. The molecule has 0 aromatic heterocycles. The first-order chi connectivity index (χ1) is 9.56. The zero-order chi connectivity index (χ0) is 14.5. The lowest BCUT2D eigenvalue weighted by Gasteiger charge is -2.02. The number of carbonyl (C=O) groups excluding carboxylic acids is 1. The Morgan fingerprint density at radius 3 is 2.50 bits per heavy atom. The van der Waals surface area contributed by atoms with Gasteiger partial charge in [-0.2, -0.15) is 0 Å². The van der Waals surface area contributed by atoms with E-state index in [1.807, 2.05) is 0 Å². The van der Waals surface area contributed by atoms with Crippen molar-refractivity contribution in [2.45, 2.75) is 0 Å². The SMILES string of the molecule is O=C(/C=C/Nc1cc(F)ccc1F)c1ccc(Br)cc1. The van der Waals surface area contributed by atoms with E-state index in [9.17, 15) is 13.6 Å². The summed E-state index contributed by atoms with van der Waals surface area (Å²) < 4.78 is 27.1. The topological polar surface area (TPSA) is 29.1 Å². The molecule has 0 atom stereocenters. The molecular weight excluding hydrogens is 328 g/mol. The van der Waals surface area contributed by atoms with Crippen molar-refractivity contribution in [3.63, 3.8) is 0 Å². The number of anilines is 1. The van der Waals surface area contributed by atoms with E-state index < -0.39 is 11.6 Å². The van der Waals surface area contributed by atoms with Crippen LogP contribution in [0, 0.1) is 11.6 Å². The number of nitrogens with one attached hydrogen (secondary N) is 1. The Balaban J connectivity index is 2.04. The molecule has 5 heteroatoms. The maximum atomic E-state index is 13.3. The van der Waals surface area contributed by atoms with Gasteiger partial charge in [0.05, 0.1) is 5.69 Å². The number of hydrogen-bond acceptors (Lipinski definition) is 2. The molecule has 0 radical (unpaired) electrons. The maximum Gasteiger partial charge on any atom is 0.187 e. The maximum absolute atomic E-state index is 13.3. The van der Waals surface area contributed by atoms with Crippen LogP contribution in [0.1, 0.15) is 10.4 Å². The van der Waals surface area contributed by atoms with Gasteiger partial charge in [0.1, 0.15) is 11.6 Å². The number of carbonyl (C=O) groups is 1. The number of ketones is 1. The number of halogens is 3. The predicted octanol–water partition coefficient (Wildman–Crippen LogP) is 4.54. The Morgan fingerprint density at radius 1 is 1.10 bits per heavy atom. The molecule has 0 fully saturated rings. The van der Waals surface area contributed by atoms with Gasteiger partial charge in [-0.15, -0.1) is 0 Å². The first-order valence-corrected chi connectivity index (χ1v) is 6.53. The van der Waals surface area contributed by atoms with Gasteiger partial charge in [-0.1, -0.05) is 15.9 Å². The lowest BCUT2D eigenvalue weighted by Crippen LogP contribution is -1.97. The summed E-state index contributed by atoms with van der Waals surface area (Å²) in [6.07, 6.45) is 2.54. The van der Waals surface area contributed by atoms with Crippen molar-refractivity contribution < 1.29 is 13.6 Å². The molecule has 20 heavy (non-hydrogen) atoms. The molecule has 0 heterocycles. The summed E-state index contributed by atoms with van der Waals surface area (Å²) in [5.41, 5.74) is 0.482. The molecule has 0 aliphatic heterocycles. The van der Waals surface area contributed by atoms with Crippen LogP contribution in [0.3, 0.4) is 0 Å². The average Bonchev–Trinajstić information content (AvgIpc) is 2.43. The lowest BCUT2D eigenvalue weighted by molar-refractivity contribution is 0.104. The van der Waals surface area contributed by atoms with Crippen molar-refractivity contribution in [1.29, 1.82) is 0 Å². The molecule has 2 nitrogen and oxygen atoms in total. The van der Waals surface area contributed by atoms with Crippen molar-refractivity contribution in [3.05, 3.63) is 76.4 Å². The van der Waals surface area contributed by atoms with Crippen molar-refractivity contribution in [3.8, 4) is 0 Å². The molecule has 2 aromatic carbocycles. The van der Waals surface area contributed by atoms with Crippen molar-refractivity contribution in [2.24, 2.45) is 0 Å². The van der Waals surface area contributed by atoms with E-state index in [1.165, 1.54) is 12.3 Å². The molecule has 2 aromatic rings. The Hall–Kier alpha value is -2.01. The van der Waals surface area contributed by atoms with Gasteiger partial charge in [0.2, 0.25) is 0 Å². The monoisotopic (exact) mass is 337 g/mol. The Kier molecular flexibility index (Phi) is 4.63. The third kappa shape index (κ3) is 3.74. The highest BCUT2D eigenvalue weighted by molar-refractivity contribution is 9.10. The summed E-state index contributed by atoms with van der Waals surface area (Å²) in [5.74, 6) is -1.38. The molecule has 0 aliphatic carbocycles. The van der Waals surface area contributed by atoms with Crippen LogP contribution in [0.2, 0.25) is 0 Å². The summed E-state index contributed by atoms with van der Waals surface area (Å²) in [5, 5.41) is 2.54. The van der Waals surface area contributed by atoms with Gasteiger partial charge in [-0.25, -0.2) is 8.78 Å². The molecular formula is C15H10BrF2NO. The fourth-order valence-electron chi connectivity index (χ4n) is 1.53. The van der Waals surface area contributed by atoms with Gasteiger partial charge >= 0.3 is 0 Å². The molecule has 0 amide bonds. The first-order valence-electron chi connectivity index (χ1n) is 5.74. The summed E-state index contributed by atoms with van der Waals surface area (Å²) in [4.78, 5) is 11.8. The molecule has 0 unspecified atom stereocenters. The number of rotatable bonds is 4. The third-order valence-electron chi connectivity index (χ3n) is 2.53. The van der Waals surface area contributed by atoms with Crippen molar-refractivity contribution in [2.75, 3.05) is 5.32 Å². The average molecular weight is 338 g/mol. The van der Waals surface area contributed by atoms with E-state index in [4.69, 9.17) is 0 Å². The van der Waals surface area contributed by atoms with E-state index in [0.29, 0.717) is 5.56 Å². The minimum absolute atomic E-state index is 0.0233. The minimum Gasteiger partial charge on any atom is -0.359 e.